The topological polar surface area (TPSA) is 89.7 Å². The number of ether oxygens (including phenoxy) is 2. The number of aromatic nitrogens is 8. The van der Waals surface area contributed by atoms with Gasteiger partial charge < -0.3 is 18.6 Å². The molecule has 0 saturated carbocycles. The molecular formula is C56H40N8O2. The largest absolute Gasteiger partial charge is 0.457 e. The molecule has 316 valence electrons. The third-order valence-corrected chi connectivity index (χ3v) is 12.1. The molecule has 0 radical (unpaired) electrons. The highest BCUT2D eigenvalue weighted by Crippen LogP contribution is 2.44. The predicted molar refractivity (Wildman–Crippen MR) is 262 cm³/mol. The van der Waals surface area contributed by atoms with Crippen LogP contribution in [-0.2, 0) is 14.1 Å². The molecule has 0 saturated heterocycles. The first-order valence-electron chi connectivity index (χ1n) is 21.7. The third kappa shape index (κ3) is 6.85. The summed E-state index contributed by atoms with van der Waals surface area (Å²) in [4.78, 5) is 19.3. The molecule has 12 rings (SSSR count). The second-order valence-electron chi connectivity index (χ2n) is 16.2. The summed E-state index contributed by atoms with van der Waals surface area (Å²) in [6, 6.07) is 57.8. The van der Waals surface area contributed by atoms with Crippen molar-refractivity contribution in [2.45, 2.75) is 0 Å². The molecule has 6 heterocycles. The van der Waals surface area contributed by atoms with Gasteiger partial charge >= 0.3 is 0 Å². The van der Waals surface area contributed by atoms with Crippen LogP contribution in [-0.4, -0.2) is 38.2 Å². The van der Waals surface area contributed by atoms with Crippen molar-refractivity contribution in [1.82, 2.24) is 38.2 Å². The van der Waals surface area contributed by atoms with E-state index < -0.39 is 0 Å². The highest BCUT2D eigenvalue weighted by Gasteiger charge is 2.25. The molecular weight excluding hydrogens is 817 g/mol. The Morgan fingerprint density at radius 1 is 0.348 bits per heavy atom. The van der Waals surface area contributed by atoms with E-state index in [0.717, 1.165) is 89.5 Å². The molecule has 6 aromatic heterocycles. The van der Waals surface area contributed by atoms with Gasteiger partial charge in [-0.25, -0.2) is 19.9 Å². The number of rotatable bonds is 10. The lowest BCUT2D eigenvalue weighted by Gasteiger charge is -2.13. The maximum Gasteiger partial charge on any atom is 0.139 e. The predicted octanol–water partition coefficient (Wildman–Crippen LogP) is 13.2. The summed E-state index contributed by atoms with van der Waals surface area (Å²) in [5.74, 6) is 6.03. The van der Waals surface area contributed by atoms with Crippen molar-refractivity contribution >= 4 is 32.8 Å². The number of imidazole rings is 2. The number of hydrogen-bond acceptors (Lipinski definition) is 6. The van der Waals surface area contributed by atoms with Gasteiger partial charge in [-0.05, 0) is 95.1 Å². The van der Waals surface area contributed by atoms with Gasteiger partial charge in [0, 0.05) is 85.3 Å². The Morgan fingerprint density at radius 3 is 1.20 bits per heavy atom. The molecule has 6 aromatic carbocycles. The quantitative estimate of drug-likeness (QED) is 0.136. The molecule has 12 aromatic rings. The van der Waals surface area contributed by atoms with Crippen molar-refractivity contribution in [3.05, 3.63) is 207 Å². The lowest BCUT2D eigenvalue weighted by Crippen LogP contribution is -1.98. The van der Waals surface area contributed by atoms with Crippen molar-refractivity contribution in [2.24, 2.45) is 14.1 Å². The van der Waals surface area contributed by atoms with Crippen LogP contribution in [0.25, 0.3) is 89.5 Å². The summed E-state index contributed by atoms with van der Waals surface area (Å²) in [5, 5.41) is 2.00. The third-order valence-electron chi connectivity index (χ3n) is 12.1. The standard InChI is InChI=1S/C56H40N8O2/c1-61-29-27-59-55(61)41-15-9-17-43(31-41)65-45-19-21-47-49(35-45)63(51-33-39(23-25-57-51)37-11-5-3-6-12-37)54-48-22-20-46(66-44-18-10-16-42(32-44)56-60-28-30-62(56)2)36-50(48)64(53(47)54)52-34-40(24-26-58-52)38-13-7-4-8-14-38/h3-36H,1-2H3. The van der Waals surface area contributed by atoms with Gasteiger partial charge in [0.15, 0.2) is 0 Å². The fourth-order valence-electron chi connectivity index (χ4n) is 9.00. The molecule has 0 bridgehead atoms. The molecule has 0 fully saturated rings. The Labute approximate surface area is 379 Å². The highest BCUT2D eigenvalue weighted by molar-refractivity contribution is 6.20. The number of benzene rings is 6. The number of nitrogens with zero attached hydrogens (tertiary/aromatic N) is 8. The number of fused-ring (bicyclic) bond motifs is 5. The van der Waals surface area contributed by atoms with Crippen LogP contribution in [0.15, 0.2) is 207 Å². The van der Waals surface area contributed by atoms with E-state index in [1.165, 1.54) is 0 Å². The molecule has 0 aliphatic heterocycles. The zero-order chi connectivity index (χ0) is 44.1. The van der Waals surface area contributed by atoms with E-state index in [1.807, 2.05) is 121 Å². The summed E-state index contributed by atoms with van der Waals surface area (Å²) in [5.41, 5.74) is 10.0. The van der Waals surface area contributed by atoms with E-state index in [9.17, 15) is 0 Å². The van der Waals surface area contributed by atoms with Gasteiger partial charge in [-0.15, -0.1) is 0 Å². The van der Waals surface area contributed by atoms with Crippen LogP contribution in [0.2, 0.25) is 0 Å². The Morgan fingerprint density at radius 2 is 0.773 bits per heavy atom. The highest BCUT2D eigenvalue weighted by atomic mass is 16.5. The van der Waals surface area contributed by atoms with Crippen LogP contribution >= 0.6 is 0 Å². The maximum atomic E-state index is 6.69. The van der Waals surface area contributed by atoms with E-state index in [0.29, 0.717) is 23.0 Å². The maximum absolute atomic E-state index is 6.69. The fourth-order valence-corrected chi connectivity index (χ4v) is 9.00. The molecule has 0 atom stereocenters. The Bertz CT molecular complexity index is 3500. The first-order chi connectivity index (χ1) is 32.5. The molecule has 10 nitrogen and oxygen atoms in total. The van der Waals surface area contributed by atoms with Crippen LogP contribution in [0.4, 0.5) is 0 Å². The van der Waals surface area contributed by atoms with Gasteiger partial charge in [-0.1, -0.05) is 84.9 Å². The zero-order valence-electron chi connectivity index (χ0n) is 36.0. The molecule has 0 spiro atoms. The molecule has 0 aliphatic carbocycles. The monoisotopic (exact) mass is 856 g/mol. The van der Waals surface area contributed by atoms with Crippen molar-refractivity contribution in [3.63, 3.8) is 0 Å². The van der Waals surface area contributed by atoms with E-state index in [4.69, 9.17) is 19.4 Å². The average molecular weight is 857 g/mol. The second kappa shape index (κ2) is 16.0. The lowest BCUT2D eigenvalue weighted by molar-refractivity contribution is 0.483. The smallest absolute Gasteiger partial charge is 0.139 e. The van der Waals surface area contributed by atoms with Gasteiger partial charge in [-0.3, -0.25) is 9.13 Å². The Kier molecular flexibility index (Phi) is 9.34. The first kappa shape index (κ1) is 38.6. The van der Waals surface area contributed by atoms with Crippen LogP contribution < -0.4 is 9.47 Å². The number of pyridine rings is 2. The van der Waals surface area contributed by atoms with E-state index in [2.05, 4.69) is 116 Å². The van der Waals surface area contributed by atoms with Gasteiger partial charge in [0.25, 0.3) is 0 Å². The summed E-state index contributed by atoms with van der Waals surface area (Å²) < 4.78 is 21.9. The summed E-state index contributed by atoms with van der Waals surface area (Å²) in [6.45, 7) is 0. The van der Waals surface area contributed by atoms with Crippen molar-refractivity contribution in [2.75, 3.05) is 0 Å². The molecule has 0 amide bonds. The molecule has 66 heavy (non-hydrogen) atoms. The van der Waals surface area contributed by atoms with Crippen LogP contribution in [0.5, 0.6) is 23.0 Å². The molecule has 0 aliphatic rings. The van der Waals surface area contributed by atoms with Crippen LogP contribution in [0.1, 0.15) is 0 Å². The molecule has 0 N–H and O–H groups in total. The molecule has 0 unspecified atom stereocenters. The van der Waals surface area contributed by atoms with Crippen molar-refractivity contribution in [3.8, 4) is 79.7 Å². The van der Waals surface area contributed by atoms with Gasteiger partial charge in [-0.2, -0.15) is 0 Å². The Hall–Kier alpha value is -9.02. The SMILES string of the molecule is Cn1ccnc1-c1cccc(Oc2ccc3c(c2)n(-c2cc(-c4ccccc4)ccn2)c2c4ccc(Oc5cccc(-c6nccn6C)c5)cc4n(-c4cc(-c5ccccc5)ccn4)c32)c1. The van der Waals surface area contributed by atoms with Gasteiger partial charge in [0.1, 0.15) is 46.3 Å². The van der Waals surface area contributed by atoms with E-state index >= 15 is 0 Å². The van der Waals surface area contributed by atoms with Crippen molar-refractivity contribution in [1.29, 1.82) is 0 Å². The minimum atomic E-state index is 0.684. The Balaban J connectivity index is 1.09. The first-order valence-corrected chi connectivity index (χ1v) is 21.7. The zero-order valence-corrected chi connectivity index (χ0v) is 36.0. The summed E-state index contributed by atoms with van der Waals surface area (Å²) >= 11 is 0. The lowest BCUT2D eigenvalue weighted by atomic mass is 10.1. The summed E-state index contributed by atoms with van der Waals surface area (Å²) in [7, 11) is 3.98. The van der Waals surface area contributed by atoms with Crippen LogP contribution in [0.3, 0.4) is 0 Å². The van der Waals surface area contributed by atoms with Crippen molar-refractivity contribution < 1.29 is 9.47 Å². The van der Waals surface area contributed by atoms with Gasteiger partial charge in [0.05, 0.1) is 22.1 Å². The fraction of sp³-hybridized carbons (Fsp3) is 0.0357. The summed E-state index contributed by atoms with van der Waals surface area (Å²) in [6.07, 6.45) is 11.3. The minimum Gasteiger partial charge on any atom is -0.457 e. The van der Waals surface area contributed by atoms with E-state index in [1.54, 1.807) is 12.4 Å². The van der Waals surface area contributed by atoms with E-state index in [-0.39, 0.29) is 0 Å². The molecule has 10 heteroatoms. The van der Waals surface area contributed by atoms with Gasteiger partial charge in [0.2, 0.25) is 0 Å². The number of hydrogen-bond donors (Lipinski definition) is 0. The number of aryl methyl sites for hydroxylation is 2. The normalized spacial score (nSPS) is 11.5. The second-order valence-corrected chi connectivity index (χ2v) is 16.2. The van der Waals surface area contributed by atoms with Crippen LogP contribution in [0, 0.1) is 0 Å². The average Bonchev–Trinajstić information content (AvgIpc) is 4.15. The minimum absolute atomic E-state index is 0.684.